The Morgan fingerprint density at radius 2 is 2.11 bits per heavy atom. The van der Waals surface area contributed by atoms with E-state index in [9.17, 15) is 4.79 Å². The van der Waals surface area contributed by atoms with Crippen LogP contribution in [-0.4, -0.2) is 28.7 Å². The quantitative estimate of drug-likeness (QED) is 0.447. The number of aryl methyl sites for hydroxylation is 2. The maximum Gasteiger partial charge on any atom is 0.279 e. The first kappa shape index (κ1) is 19.0. The molecule has 5 nitrogen and oxygen atoms in total. The molecular weight excluding hydrogens is 390 g/mol. The Labute approximate surface area is 171 Å². The first-order valence-corrected chi connectivity index (χ1v) is 10.9. The second kappa shape index (κ2) is 7.95. The predicted molar refractivity (Wildman–Crippen MR) is 115 cm³/mol. The molecule has 1 amide bonds. The summed E-state index contributed by atoms with van der Waals surface area (Å²) in [6.07, 6.45) is 0. The van der Waals surface area contributed by atoms with E-state index in [0.29, 0.717) is 30.1 Å². The average molecular weight is 412 g/mol. The van der Waals surface area contributed by atoms with Gasteiger partial charge in [0.05, 0.1) is 32.6 Å². The van der Waals surface area contributed by atoms with Gasteiger partial charge in [-0.3, -0.25) is 4.79 Å². The smallest absolute Gasteiger partial charge is 0.279 e. The van der Waals surface area contributed by atoms with Crippen LogP contribution in [0.3, 0.4) is 0 Å². The number of amides is 1. The minimum absolute atomic E-state index is 0.235. The second-order valence-electron chi connectivity index (χ2n) is 6.62. The Hall–Kier alpha value is -2.35. The first-order chi connectivity index (χ1) is 13.6. The number of carbonyl (C=O) groups excluding carboxylic acids is 1. The van der Waals surface area contributed by atoms with E-state index in [4.69, 9.17) is 4.74 Å². The fraction of sp³-hybridized carbons (Fsp3) is 0.286. The Kier molecular flexibility index (Phi) is 5.39. The zero-order chi connectivity index (χ0) is 19.7. The van der Waals surface area contributed by atoms with Crippen LogP contribution in [0.4, 0.5) is 0 Å². The maximum atomic E-state index is 12.9. The van der Waals surface area contributed by atoms with Crippen molar-refractivity contribution in [2.75, 3.05) is 13.2 Å². The maximum absolute atomic E-state index is 12.9. The normalized spacial score (nSPS) is 12.3. The van der Waals surface area contributed by atoms with Gasteiger partial charge >= 0.3 is 0 Å². The van der Waals surface area contributed by atoms with Crippen LogP contribution in [0.5, 0.6) is 0 Å². The van der Waals surface area contributed by atoms with Crippen LogP contribution in [0, 0.1) is 13.8 Å². The van der Waals surface area contributed by atoms with Crippen molar-refractivity contribution in [3.8, 4) is 0 Å². The zero-order valence-corrected chi connectivity index (χ0v) is 17.7. The van der Waals surface area contributed by atoms with Gasteiger partial charge in [-0.05, 0) is 56.2 Å². The molecule has 0 atom stereocenters. The van der Waals surface area contributed by atoms with E-state index in [1.54, 1.807) is 22.9 Å². The molecule has 0 radical (unpaired) electrons. The molecule has 4 aromatic rings. The van der Waals surface area contributed by atoms with Crippen molar-refractivity contribution in [1.29, 1.82) is 0 Å². The van der Waals surface area contributed by atoms with Gasteiger partial charge in [0.15, 0.2) is 4.80 Å². The number of aromatic nitrogens is 2. The Morgan fingerprint density at radius 1 is 1.25 bits per heavy atom. The number of benzene rings is 2. The van der Waals surface area contributed by atoms with E-state index < -0.39 is 0 Å². The lowest BCUT2D eigenvalue weighted by molar-refractivity contribution is 0.0997. The molecule has 0 aliphatic carbocycles. The summed E-state index contributed by atoms with van der Waals surface area (Å²) in [7, 11) is 0. The van der Waals surface area contributed by atoms with Crippen molar-refractivity contribution in [3.63, 3.8) is 0 Å². The molecule has 0 spiro atoms. The molecule has 7 heteroatoms. The summed E-state index contributed by atoms with van der Waals surface area (Å²) in [5.74, 6) is -0.235. The molecule has 2 heterocycles. The Balaban J connectivity index is 1.82. The Morgan fingerprint density at radius 3 is 2.93 bits per heavy atom. The minimum atomic E-state index is -0.235. The van der Waals surface area contributed by atoms with Crippen molar-refractivity contribution in [2.45, 2.75) is 27.3 Å². The van der Waals surface area contributed by atoms with Gasteiger partial charge < -0.3 is 9.30 Å². The number of thiazole rings is 2. The topological polar surface area (TPSA) is 56.5 Å². The van der Waals surface area contributed by atoms with Crippen molar-refractivity contribution >= 4 is 49.0 Å². The van der Waals surface area contributed by atoms with E-state index in [1.165, 1.54) is 22.5 Å². The number of carbonyl (C=O) groups is 1. The van der Waals surface area contributed by atoms with Gasteiger partial charge in [-0.15, -0.1) is 11.3 Å². The second-order valence-corrected chi connectivity index (χ2v) is 8.48. The Bertz CT molecular complexity index is 1230. The molecule has 0 bridgehead atoms. The number of hydrogen-bond acceptors (Lipinski definition) is 5. The van der Waals surface area contributed by atoms with Crippen molar-refractivity contribution in [1.82, 2.24) is 9.55 Å². The first-order valence-electron chi connectivity index (χ1n) is 9.17. The highest BCUT2D eigenvalue weighted by Crippen LogP contribution is 2.24. The third-order valence-corrected chi connectivity index (χ3v) is 6.57. The van der Waals surface area contributed by atoms with Gasteiger partial charge in [-0.25, -0.2) is 4.98 Å². The lowest BCUT2D eigenvalue weighted by atomic mass is 10.1. The highest BCUT2D eigenvalue weighted by Gasteiger charge is 2.12. The molecule has 0 saturated carbocycles. The number of rotatable bonds is 5. The molecule has 2 aromatic heterocycles. The molecule has 28 heavy (non-hydrogen) atoms. The summed E-state index contributed by atoms with van der Waals surface area (Å²) in [4.78, 5) is 22.3. The fourth-order valence-corrected chi connectivity index (χ4v) is 5.07. The van der Waals surface area contributed by atoms with Crippen LogP contribution < -0.4 is 4.80 Å². The van der Waals surface area contributed by atoms with Crippen molar-refractivity contribution in [3.05, 3.63) is 57.3 Å². The lowest BCUT2D eigenvalue weighted by Gasteiger charge is -2.07. The van der Waals surface area contributed by atoms with Crippen LogP contribution in [-0.2, 0) is 11.3 Å². The van der Waals surface area contributed by atoms with Crippen LogP contribution in [0.1, 0.15) is 28.4 Å². The lowest BCUT2D eigenvalue weighted by Crippen LogP contribution is -2.19. The molecule has 0 aliphatic rings. The van der Waals surface area contributed by atoms with Crippen LogP contribution in [0.2, 0.25) is 0 Å². The van der Waals surface area contributed by atoms with E-state index in [-0.39, 0.29) is 5.91 Å². The summed E-state index contributed by atoms with van der Waals surface area (Å²) in [5, 5.41) is 0. The highest BCUT2D eigenvalue weighted by molar-refractivity contribution is 7.17. The van der Waals surface area contributed by atoms with Gasteiger partial charge in [-0.2, -0.15) is 4.99 Å². The van der Waals surface area contributed by atoms with Gasteiger partial charge in [0.1, 0.15) is 0 Å². The predicted octanol–water partition coefficient (Wildman–Crippen LogP) is 4.71. The monoisotopic (exact) mass is 411 g/mol. The summed E-state index contributed by atoms with van der Waals surface area (Å²) < 4.78 is 9.80. The molecule has 0 saturated heterocycles. The summed E-state index contributed by atoms with van der Waals surface area (Å²) in [5.41, 5.74) is 6.77. The molecule has 0 unspecified atom stereocenters. The van der Waals surface area contributed by atoms with Gasteiger partial charge in [0.2, 0.25) is 0 Å². The molecule has 144 valence electrons. The fourth-order valence-electron chi connectivity index (χ4n) is 3.25. The van der Waals surface area contributed by atoms with E-state index in [0.717, 1.165) is 20.4 Å². The molecule has 0 fully saturated rings. The number of nitrogens with zero attached hydrogens (tertiary/aromatic N) is 3. The summed E-state index contributed by atoms with van der Waals surface area (Å²) >= 11 is 3.08. The molecule has 4 rings (SSSR count). The summed E-state index contributed by atoms with van der Waals surface area (Å²) in [6, 6.07) is 9.84. The third-order valence-electron chi connectivity index (χ3n) is 4.55. The van der Waals surface area contributed by atoms with E-state index >= 15 is 0 Å². The van der Waals surface area contributed by atoms with Crippen LogP contribution >= 0.6 is 22.7 Å². The van der Waals surface area contributed by atoms with E-state index in [1.807, 2.05) is 19.1 Å². The van der Waals surface area contributed by atoms with Crippen molar-refractivity contribution < 1.29 is 9.53 Å². The molecule has 0 N–H and O–H groups in total. The zero-order valence-electron chi connectivity index (χ0n) is 16.1. The largest absolute Gasteiger partial charge is 0.380 e. The molecule has 2 aromatic carbocycles. The minimum Gasteiger partial charge on any atom is -0.380 e. The third kappa shape index (κ3) is 3.65. The van der Waals surface area contributed by atoms with E-state index in [2.05, 4.69) is 40.5 Å². The van der Waals surface area contributed by atoms with Gasteiger partial charge in [-0.1, -0.05) is 17.4 Å². The number of ether oxygens (including phenoxy) is 1. The van der Waals surface area contributed by atoms with Gasteiger partial charge in [0, 0.05) is 18.7 Å². The number of fused-ring (bicyclic) bond motifs is 2. The highest BCUT2D eigenvalue weighted by atomic mass is 32.1. The van der Waals surface area contributed by atoms with Crippen molar-refractivity contribution in [2.24, 2.45) is 4.99 Å². The molecule has 0 aliphatic heterocycles. The summed E-state index contributed by atoms with van der Waals surface area (Å²) in [6.45, 7) is 8.08. The standard InChI is InChI=1S/C21H21N3O2S2/c1-4-26-8-7-24-17-10-13(2)9-14(3)19(17)28-21(24)23-20(25)15-5-6-16-18(11-15)27-12-22-16/h5-6,9-12H,4,7-8H2,1-3H3. The van der Waals surface area contributed by atoms with Crippen LogP contribution in [0.15, 0.2) is 40.8 Å². The molecular formula is C21H21N3O2S2. The average Bonchev–Trinajstić information content (AvgIpc) is 3.26. The SMILES string of the molecule is CCOCCn1c(=NC(=O)c2ccc3ncsc3c2)sc2c(C)cc(C)cc21. The van der Waals surface area contributed by atoms with Crippen LogP contribution in [0.25, 0.3) is 20.4 Å². The number of hydrogen-bond donors (Lipinski definition) is 0. The van der Waals surface area contributed by atoms with Gasteiger partial charge in [0.25, 0.3) is 5.91 Å².